The number of thiocarbonyl (C=S) groups is 1. The number of carbonyl (C=O) groups excluding carboxylic acids is 1. The summed E-state index contributed by atoms with van der Waals surface area (Å²) in [6.07, 6.45) is 6.55. The number of rotatable bonds is 6. The number of carbonyl (C=O) groups is 1. The van der Waals surface area contributed by atoms with Crippen LogP contribution in [-0.2, 0) is 6.42 Å². The summed E-state index contributed by atoms with van der Waals surface area (Å²) in [5.41, 5.74) is 2.72. The van der Waals surface area contributed by atoms with Crippen molar-refractivity contribution in [3.8, 4) is 0 Å². The molecule has 0 radical (unpaired) electrons. The monoisotopic (exact) mass is 429 g/mol. The first kappa shape index (κ1) is 21.6. The molecular weight excluding hydrogens is 402 g/mol. The van der Waals surface area contributed by atoms with Gasteiger partial charge in [-0.25, -0.2) is 0 Å². The summed E-state index contributed by atoms with van der Waals surface area (Å²) in [6, 6.07) is 15.4. The van der Waals surface area contributed by atoms with Crippen LogP contribution in [0.5, 0.6) is 0 Å². The number of aryl methyl sites for hydroxylation is 1. The average molecular weight is 430 g/mol. The van der Waals surface area contributed by atoms with Gasteiger partial charge in [0.25, 0.3) is 5.91 Å². The van der Waals surface area contributed by atoms with Crippen LogP contribution in [0.2, 0.25) is 5.02 Å². The standard InChI is InChI=1S/C23H28ClN3OS/c1-27(2)21(28)18-9-11-19(12-10-18)25-22(29)26-23(14-5-6-15-23)16-13-17-7-3-4-8-20(17)24/h3-4,7-12H,5-6,13-16H2,1-2H3,(H2,25,26,29). The van der Waals surface area contributed by atoms with Crippen molar-refractivity contribution in [1.82, 2.24) is 10.2 Å². The van der Waals surface area contributed by atoms with Gasteiger partial charge in [-0.1, -0.05) is 42.6 Å². The third-order valence-electron chi connectivity index (χ3n) is 5.57. The summed E-state index contributed by atoms with van der Waals surface area (Å²) in [4.78, 5) is 13.6. The van der Waals surface area contributed by atoms with Crippen molar-refractivity contribution in [3.05, 3.63) is 64.7 Å². The molecule has 0 aliphatic heterocycles. The van der Waals surface area contributed by atoms with Crippen LogP contribution < -0.4 is 10.6 Å². The van der Waals surface area contributed by atoms with Gasteiger partial charge in [0.15, 0.2) is 5.11 Å². The van der Waals surface area contributed by atoms with E-state index >= 15 is 0 Å². The molecule has 0 spiro atoms. The Bertz CT molecular complexity index is 861. The zero-order chi connectivity index (χ0) is 20.9. The minimum Gasteiger partial charge on any atom is -0.357 e. The highest BCUT2D eigenvalue weighted by atomic mass is 35.5. The van der Waals surface area contributed by atoms with Crippen LogP contribution in [0, 0.1) is 0 Å². The maximum absolute atomic E-state index is 12.0. The first-order chi connectivity index (χ1) is 13.9. The SMILES string of the molecule is CN(C)C(=O)c1ccc(NC(=S)NC2(CCc3ccccc3Cl)CCCC2)cc1. The van der Waals surface area contributed by atoms with E-state index in [-0.39, 0.29) is 11.4 Å². The Kier molecular flexibility index (Phi) is 7.14. The van der Waals surface area contributed by atoms with E-state index in [0.717, 1.165) is 36.4 Å². The van der Waals surface area contributed by atoms with Gasteiger partial charge in [0.2, 0.25) is 0 Å². The molecule has 1 amide bonds. The fourth-order valence-electron chi connectivity index (χ4n) is 3.92. The lowest BCUT2D eigenvalue weighted by atomic mass is 9.89. The number of benzene rings is 2. The lowest BCUT2D eigenvalue weighted by Gasteiger charge is -2.32. The summed E-state index contributed by atoms with van der Waals surface area (Å²) in [5.74, 6) is -0.0123. The summed E-state index contributed by atoms with van der Waals surface area (Å²) < 4.78 is 0. The molecule has 0 heterocycles. The van der Waals surface area contributed by atoms with E-state index in [9.17, 15) is 4.79 Å². The highest BCUT2D eigenvalue weighted by Crippen LogP contribution is 2.34. The molecule has 0 aromatic heterocycles. The van der Waals surface area contributed by atoms with Crippen LogP contribution in [-0.4, -0.2) is 35.6 Å². The van der Waals surface area contributed by atoms with Crippen LogP contribution >= 0.6 is 23.8 Å². The molecule has 6 heteroatoms. The van der Waals surface area contributed by atoms with E-state index in [4.69, 9.17) is 23.8 Å². The van der Waals surface area contributed by atoms with Gasteiger partial charge in [0.05, 0.1) is 0 Å². The number of amides is 1. The van der Waals surface area contributed by atoms with E-state index in [1.165, 1.54) is 18.4 Å². The molecule has 0 unspecified atom stereocenters. The summed E-state index contributed by atoms with van der Waals surface area (Å²) in [7, 11) is 3.49. The number of hydrogen-bond donors (Lipinski definition) is 2. The average Bonchev–Trinajstić information content (AvgIpc) is 3.15. The van der Waals surface area contributed by atoms with Gasteiger partial charge in [-0.2, -0.15) is 0 Å². The maximum Gasteiger partial charge on any atom is 0.253 e. The van der Waals surface area contributed by atoms with E-state index in [0.29, 0.717) is 10.7 Å². The van der Waals surface area contributed by atoms with Crippen LogP contribution in [0.4, 0.5) is 5.69 Å². The molecule has 1 aliphatic rings. The fraction of sp³-hybridized carbons (Fsp3) is 0.391. The molecule has 154 valence electrons. The Balaban J connectivity index is 1.61. The van der Waals surface area contributed by atoms with E-state index in [1.807, 2.05) is 42.5 Å². The van der Waals surface area contributed by atoms with Crippen molar-refractivity contribution in [2.24, 2.45) is 0 Å². The predicted octanol–water partition coefficient (Wildman–Crippen LogP) is 5.27. The second-order valence-electron chi connectivity index (χ2n) is 7.93. The molecule has 4 nitrogen and oxygen atoms in total. The molecule has 1 saturated carbocycles. The third kappa shape index (κ3) is 5.71. The normalized spacial score (nSPS) is 15.0. The minimum atomic E-state index is -0.0123. The van der Waals surface area contributed by atoms with Crippen molar-refractivity contribution in [3.63, 3.8) is 0 Å². The Labute approximate surface area is 183 Å². The highest BCUT2D eigenvalue weighted by Gasteiger charge is 2.34. The molecule has 0 saturated heterocycles. The molecule has 2 aromatic carbocycles. The quantitative estimate of drug-likeness (QED) is 0.613. The fourth-order valence-corrected chi connectivity index (χ4v) is 4.49. The molecule has 29 heavy (non-hydrogen) atoms. The summed E-state index contributed by atoms with van der Waals surface area (Å²) in [5, 5.41) is 8.31. The molecule has 0 atom stereocenters. The topological polar surface area (TPSA) is 44.4 Å². The van der Waals surface area contributed by atoms with E-state index < -0.39 is 0 Å². The number of anilines is 1. The largest absolute Gasteiger partial charge is 0.357 e. The Morgan fingerprint density at radius 3 is 2.38 bits per heavy atom. The highest BCUT2D eigenvalue weighted by molar-refractivity contribution is 7.80. The lowest BCUT2D eigenvalue weighted by molar-refractivity contribution is 0.0827. The van der Waals surface area contributed by atoms with Crippen molar-refractivity contribution >= 4 is 40.5 Å². The second-order valence-corrected chi connectivity index (χ2v) is 8.75. The van der Waals surface area contributed by atoms with Crippen molar-refractivity contribution < 1.29 is 4.79 Å². The maximum atomic E-state index is 12.0. The first-order valence-corrected chi connectivity index (χ1v) is 10.8. The van der Waals surface area contributed by atoms with Gasteiger partial charge in [-0.05, 0) is 73.8 Å². The zero-order valence-electron chi connectivity index (χ0n) is 17.0. The molecule has 1 fully saturated rings. The lowest BCUT2D eigenvalue weighted by Crippen LogP contribution is -2.48. The van der Waals surface area contributed by atoms with Crippen molar-refractivity contribution in [2.45, 2.75) is 44.1 Å². The number of hydrogen-bond acceptors (Lipinski definition) is 2. The molecule has 1 aliphatic carbocycles. The smallest absolute Gasteiger partial charge is 0.253 e. The molecule has 0 bridgehead atoms. The van der Waals surface area contributed by atoms with Gasteiger partial charge >= 0.3 is 0 Å². The predicted molar refractivity (Wildman–Crippen MR) is 125 cm³/mol. The minimum absolute atomic E-state index is 0.00405. The number of nitrogens with one attached hydrogen (secondary N) is 2. The molecule has 2 N–H and O–H groups in total. The van der Waals surface area contributed by atoms with Crippen LogP contribution in [0.3, 0.4) is 0 Å². The Morgan fingerprint density at radius 2 is 1.76 bits per heavy atom. The van der Waals surface area contributed by atoms with Crippen LogP contribution in [0.1, 0.15) is 48.0 Å². The summed E-state index contributed by atoms with van der Waals surface area (Å²) in [6.45, 7) is 0. The second kappa shape index (κ2) is 9.59. The zero-order valence-corrected chi connectivity index (χ0v) is 18.6. The van der Waals surface area contributed by atoms with Crippen molar-refractivity contribution in [1.29, 1.82) is 0 Å². The van der Waals surface area contributed by atoms with Gasteiger partial charge in [-0.15, -0.1) is 0 Å². The number of nitrogens with zero attached hydrogens (tertiary/aromatic N) is 1. The Morgan fingerprint density at radius 1 is 1.10 bits per heavy atom. The number of halogens is 1. The van der Waals surface area contributed by atoms with Gasteiger partial charge in [0, 0.05) is 35.9 Å². The summed E-state index contributed by atoms with van der Waals surface area (Å²) >= 11 is 11.9. The van der Waals surface area contributed by atoms with E-state index in [1.54, 1.807) is 19.0 Å². The Hall–Kier alpha value is -2.11. The molecular formula is C23H28ClN3OS. The van der Waals surface area contributed by atoms with Crippen LogP contribution in [0.25, 0.3) is 0 Å². The molecule has 3 rings (SSSR count). The van der Waals surface area contributed by atoms with Crippen molar-refractivity contribution in [2.75, 3.05) is 19.4 Å². The van der Waals surface area contributed by atoms with Gasteiger partial charge in [0.1, 0.15) is 0 Å². The van der Waals surface area contributed by atoms with Gasteiger partial charge in [-0.3, -0.25) is 4.79 Å². The first-order valence-electron chi connectivity index (χ1n) is 10.0. The van der Waals surface area contributed by atoms with Gasteiger partial charge < -0.3 is 15.5 Å². The molecule has 2 aromatic rings. The van der Waals surface area contributed by atoms with E-state index in [2.05, 4.69) is 16.7 Å². The van der Waals surface area contributed by atoms with Crippen LogP contribution in [0.15, 0.2) is 48.5 Å². The third-order valence-corrected chi connectivity index (χ3v) is 6.14.